The number of rotatable bonds is 6. The van der Waals surface area contributed by atoms with Gasteiger partial charge in [0, 0.05) is 39.7 Å². The van der Waals surface area contributed by atoms with Gasteiger partial charge < -0.3 is 0 Å². The zero-order chi connectivity index (χ0) is 35.1. The summed E-state index contributed by atoms with van der Waals surface area (Å²) < 4.78 is 0. The van der Waals surface area contributed by atoms with Crippen molar-refractivity contribution < 1.29 is 0 Å². The Morgan fingerprint density at radius 3 is 1.68 bits per heavy atom. The van der Waals surface area contributed by atoms with Crippen molar-refractivity contribution in [3.63, 3.8) is 0 Å². The SMILES string of the molecule is c1ccc(-c2nc3ccccc3c3c2cc(-c2ccc(-c4cc(-c5ccccn5)nc(-c5ccccn5)c4)cc2)c2nn(-c4ccccc4)nc23)cc1. The van der Waals surface area contributed by atoms with E-state index in [1.807, 2.05) is 78.9 Å². The average molecular weight is 680 g/mol. The molecule has 5 aromatic heterocycles. The lowest BCUT2D eigenvalue weighted by Gasteiger charge is -2.13. The van der Waals surface area contributed by atoms with Crippen molar-refractivity contribution in [1.82, 2.24) is 34.9 Å². The van der Waals surface area contributed by atoms with Crippen LogP contribution < -0.4 is 0 Å². The maximum Gasteiger partial charge on any atom is 0.122 e. The predicted molar refractivity (Wildman–Crippen MR) is 212 cm³/mol. The third-order valence-electron chi connectivity index (χ3n) is 9.57. The number of aromatic nitrogens is 7. The minimum atomic E-state index is 0.787. The first-order chi connectivity index (χ1) is 26.3. The molecule has 0 bridgehead atoms. The lowest BCUT2D eigenvalue weighted by atomic mass is 9.93. The van der Waals surface area contributed by atoms with Gasteiger partial charge in [0.1, 0.15) is 11.0 Å². The molecular formula is C46H29N7. The van der Waals surface area contributed by atoms with Gasteiger partial charge in [-0.25, -0.2) is 9.97 Å². The minimum absolute atomic E-state index is 0.787. The third-order valence-corrected chi connectivity index (χ3v) is 9.57. The van der Waals surface area contributed by atoms with Gasteiger partial charge in [-0.15, -0.1) is 10.2 Å². The number of para-hydroxylation sites is 2. The van der Waals surface area contributed by atoms with Crippen LogP contribution in [0.1, 0.15) is 0 Å². The second-order valence-electron chi connectivity index (χ2n) is 12.8. The fraction of sp³-hybridized carbons (Fsp3) is 0. The number of hydrogen-bond acceptors (Lipinski definition) is 6. The lowest BCUT2D eigenvalue weighted by Crippen LogP contribution is -1.97. The molecule has 0 amide bonds. The molecule has 0 N–H and O–H groups in total. The van der Waals surface area contributed by atoms with Crippen molar-refractivity contribution in [2.24, 2.45) is 0 Å². The van der Waals surface area contributed by atoms with E-state index in [0.29, 0.717) is 0 Å². The van der Waals surface area contributed by atoms with E-state index in [1.54, 1.807) is 17.2 Å². The Bertz CT molecular complexity index is 2850. The second-order valence-corrected chi connectivity index (χ2v) is 12.8. The number of fused-ring (bicyclic) bond motifs is 5. The lowest BCUT2D eigenvalue weighted by molar-refractivity contribution is 0.766. The Morgan fingerprint density at radius 1 is 0.396 bits per heavy atom. The van der Waals surface area contributed by atoms with Gasteiger partial charge in [0.2, 0.25) is 0 Å². The van der Waals surface area contributed by atoms with E-state index < -0.39 is 0 Å². The number of nitrogens with zero attached hydrogens (tertiary/aromatic N) is 7. The van der Waals surface area contributed by atoms with E-state index >= 15 is 0 Å². The molecule has 0 aliphatic rings. The fourth-order valence-corrected chi connectivity index (χ4v) is 7.03. The largest absolute Gasteiger partial charge is 0.255 e. The highest BCUT2D eigenvalue weighted by Gasteiger charge is 2.21. The molecule has 0 saturated carbocycles. The Kier molecular flexibility index (Phi) is 7.32. The highest BCUT2D eigenvalue weighted by molar-refractivity contribution is 6.23. The molecule has 0 aliphatic heterocycles. The first-order valence-electron chi connectivity index (χ1n) is 17.5. The minimum Gasteiger partial charge on any atom is -0.255 e. The predicted octanol–water partition coefficient (Wildman–Crippen LogP) is 10.6. The molecule has 0 fully saturated rings. The van der Waals surface area contributed by atoms with Crippen molar-refractivity contribution in [2.75, 3.05) is 0 Å². The topological polar surface area (TPSA) is 82.3 Å². The molecule has 5 aromatic carbocycles. The third kappa shape index (κ3) is 5.48. The van der Waals surface area contributed by atoms with E-state index in [-0.39, 0.29) is 0 Å². The van der Waals surface area contributed by atoms with Crippen LogP contribution >= 0.6 is 0 Å². The van der Waals surface area contributed by atoms with Crippen LogP contribution in [-0.2, 0) is 0 Å². The average Bonchev–Trinajstić information content (AvgIpc) is 3.70. The summed E-state index contributed by atoms with van der Waals surface area (Å²) in [5.41, 5.74) is 12.7. The zero-order valence-corrected chi connectivity index (χ0v) is 28.4. The highest BCUT2D eigenvalue weighted by Crippen LogP contribution is 2.41. The van der Waals surface area contributed by atoms with Crippen LogP contribution in [0.4, 0.5) is 0 Å². The zero-order valence-electron chi connectivity index (χ0n) is 28.4. The molecule has 248 valence electrons. The molecule has 5 heterocycles. The monoisotopic (exact) mass is 679 g/mol. The first-order valence-corrected chi connectivity index (χ1v) is 17.5. The van der Waals surface area contributed by atoms with Gasteiger partial charge in [0.05, 0.1) is 39.7 Å². The van der Waals surface area contributed by atoms with Crippen molar-refractivity contribution in [1.29, 1.82) is 0 Å². The van der Waals surface area contributed by atoms with Gasteiger partial charge in [-0.05, 0) is 77.4 Å². The van der Waals surface area contributed by atoms with Gasteiger partial charge in [-0.1, -0.05) is 103 Å². The van der Waals surface area contributed by atoms with Crippen LogP contribution in [0.2, 0.25) is 0 Å². The molecule has 7 heteroatoms. The van der Waals surface area contributed by atoms with Crippen LogP contribution in [0.25, 0.3) is 94.7 Å². The van der Waals surface area contributed by atoms with Gasteiger partial charge in [0.15, 0.2) is 0 Å². The van der Waals surface area contributed by atoms with Crippen LogP contribution in [0.15, 0.2) is 176 Å². The Labute approximate surface area is 304 Å². The Morgan fingerprint density at radius 2 is 1.00 bits per heavy atom. The van der Waals surface area contributed by atoms with Crippen molar-refractivity contribution in [3.8, 4) is 62.0 Å². The fourth-order valence-electron chi connectivity index (χ4n) is 7.03. The standard InChI is InChI=1S/C46H29N7/c1-3-13-32(14-4-1)44-37-29-36(45-46(43(37)35-17-7-8-18-38(35)50-44)52-53(51-45)34-15-5-2-6-16-34)31-23-21-30(22-24-31)33-27-41(39-19-9-11-25-47-39)49-42(28-33)40-20-10-12-26-48-40/h1-29H. The maximum absolute atomic E-state index is 5.23. The smallest absolute Gasteiger partial charge is 0.122 e. The van der Waals surface area contributed by atoms with Gasteiger partial charge in [-0.3, -0.25) is 9.97 Å². The van der Waals surface area contributed by atoms with Crippen molar-refractivity contribution in [3.05, 3.63) is 176 Å². The maximum atomic E-state index is 5.23. The molecule has 0 saturated heterocycles. The molecule has 0 unspecified atom stereocenters. The Balaban J connectivity index is 1.19. The number of pyridine rings is 4. The molecule has 10 aromatic rings. The second kappa shape index (κ2) is 12.7. The normalized spacial score (nSPS) is 11.4. The van der Waals surface area contributed by atoms with Crippen molar-refractivity contribution in [2.45, 2.75) is 0 Å². The van der Waals surface area contributed by atoms with Crippen LogP contribution in [-0.4, -0.2) is 34.9 Å². The summed E-state index contributed by atoms with van der Waals surface area (Å²) in [6, 6.07) is 55.5. The molecule has 0 aliphatic carbocycles. The molecule has 7 nitrogen and oxygen atoms in total. The van der Waals surface area contributed by atoms with Gasteiger partial charge in [0.25, 0.3) is 0 Å². The van der Waals surface area contributed by atoms with E-state index in [1.165, 1.54) is 0 Å². The summed E-state index contributed by atoms with van der Waals surface area (Å²) in [6.45, 7) is 0. The molecule has 0 atom stereocenters. The van der Waals surface area contributed by atoms with Gasteiger partial charge in [-0.2, -0.15) is 4.80 Å². The van der Waals surface area contributed by atoms with Crippen LogP contribution in [0.5, 0.6) is 0 Å². The number of benzene rings is 5. The van der Waals surface area contributed by atoms with E-state index in [2.05, 4.69) is 94.9 Å². The quantitative estimate of drug-likeness (QED) is 0.163. The molecule has 10 rings (SSSR count). The summed E-state index contributed by atoms with van der Waals surface area (Å²) >= 11 is 0. The summed E-state index contributed by atoms with van der Waals surface area (Å²) in [5, 5.41) is 13.4. The summed E-state index contributed by atoms with van der Waals surface area (Å²) in [7, 11) is 0. The van der Waals surface area contributed by atoms with E-state index in [4.69, 9.17) is 20.2 Å². The molecule has 53 heavy (non-hydrogen) atoms. The van der Waals surface area contributed by atoms with E-state index in [9.17, 15) is 0 Å². The van der Waals surface area contributed by atoms with E-state index in [0.717, 1.165) is 94.7 Å². The summed E-state index contributed by atoms with van der Waals surface area (Å²) in [5.74, 6) is 0. The highest BCUT2D eigenvalue weighted by atomic mass is 15.5. The Hall–Kier alpha value is -7.38. The summed E-state index contributed by atoms with van der Waals surface area (Å²) in [6.07, 6.45) is 3.58. The van der Waals surface area contributed by atoms with Crippen molar-refractivity contribution >= 4 is 32.7 Å². The molecule has 0 spiro atoms. The van der Waals surface area contributed by atoms with Crippen LogP contribution in [0.3, 0.4) is 0 Å². The molecule has 0 radical (unpaired) electrons. The first kappa shape index (κ1) is 30.4. The summed E-state index contributed by atoms with van der Waals surface area (Å²) in [4.78, 5) is 21.1. The number of hydrogen-bond donors (Lipinski definition) is 0. The molecular weight excluding hydrogens is 651 g/mol. The van der Waals surface area contributed by atoms with Gasteiger partial charge >= 0.3 is 0 Å². The van der Waals surface area contributed by atoms with Crippen LogP contribution in [0, 0.1) is 0 Å².